The Kier molecular flexibility index (Phi) is 6.06. The third kappa shape index (κ3) is 3.94. The summed E-state index contributed by atoms with van der Waals surface area (Å²) in [7, 11) is 0. The molecule has 0 spiro atoms. The van der Waals surface area contributed by atoms with Crippen LogP contribution in [0.4, 0.5) is 0 Å². The van der Waals surface area contributed by atoms with E-state index in [1.165, 1.54) is 18.4 Å². The van der Waals surface area contributed by atoms with Crippen LogP contribution in [0.15, 0.2) is 18.3 Å². The quantitative estimate of drug-likeness (QED) is 0.916. The van der Waals surface area contributed by atoms with Crippen molar-refractivity contribution in [3.8, 4) is 0 Å². The summed E-state index contributed by atoms with van der Waals surface area (Å²) in [5.41, 5.74) is 8.25. The van der Waals surface area contributed by atoms with Crippen molar-refractivity contribution in [1.29, 1.82) is 0 Å². The van der Waals surface area contributed by atoms with Crippen LogP contribution < -0.4 is 5.73 Å². The van der Waals surface area contributed by atoms with E-state index in [1.54, 1.807) is 0 Å². The van der Waals surface area contributed by atoms with E-state index in [4.69, 9.17) is 5.73 Å². The van der Waals surface area contributed by atoms with Crippen molar-refractivity contribution in [2.45, 2.75) is 39.3 Å². The third-order valence-corrected chi connectivity index (χ3v) is 3.73. The monoisotopic (exact) mass is 269 g/mol. The second kappa shape index (κ2) is 7.07. The first kappa shape index (κ1) is 15.4. The molecule has 2 heterocycles. The highest BCUT2D eigenvalue weighted by Crippen LogP contribution is 2.23. The van der Waals surface area contributed by atoms with Gasteiger partial charge >= 0.3 is 0 Å². The van der Waals surface area contributed by atoms with Crippen LogP contribution in [0.5, 0.6) is 0 Å². The molecule has 2 N–H and O–H groups in total. The van der Waals surface area contributed by atoms with E-state index in [0.717, 1.165) is 31.2 Å². The topological polar surface area (TPSA) is 42.1 Å². The van der Waals surface area contributed by atoms with Gasteiger partial charge in [-0.15, -0.1) is 12.4 Å². The van der Waals surface area contributed by atoms with Gasteiger partial charge in [-0.1, -0.05) is 13.0 Å². The molecule has 0 saturated carbocycles. The molecule has 0 aliphatic carbocycles. The van der Waals surface area contributed by atoms with Gasteiger partial charge in [0.1, 0.15) is 0 Å². The molecule has 1 aromatic heterocycles. The van der Waals surface area contributed by atoms with E-state index in [-0.39, 0.29) is 12.4 Å². The average Bonchev–Trinajstić information content (AvgIpc) is 2.34. The van der Waals surface area contributed by atoms with E-state index in [1.807, 2.05) is 13.1 Å². The fraction of sp³-hybridized carbons (Fsp3) is 0.643. The summed E-state index contributed by atoms with van der Waals surface area (Å²) in [5, 5.41) is 0. The molecule has 102 valence electrons. The molecule has 3 nitrogen and oxygen atoms in total. The lowest BCUT2D eigenvalue weighted by Gasteiger charge is -2.37. The fourth-order valence-corrected chi connectivity index (χ4v) is 2.58. The number of likely N-dealkylation sites (tertiary alicyclic amines) is 1. The Bertz CT molecular complexity index is 353. The zero-order chi connectivity index (χ0) is 12.3. The van der Waals surface area contributed by atoms with Crippen LogP contribution in [0.25, 0.3) is 0 Å². The first-order valence-corrected chi connectivity index (χ1v) is 6.54. The van der Waals surface area contributed by atoms with Gasteiger partial charge in [-0.2, -0.15) is 0 Å². The predicted octanol–water partition coefficient (Wildman–Crippen LogP) is 2.37. The molecule has 0 radical (unpaired) electrons. The Balaban J connectivity index is 0.00000162. The van der Waals surface area contributed by atoms with E-state index in [0.29, 0.717) is 6.04 Å². The van der Waals surface area contributed by atoms with E-state index in [2.05, 4.69) is 28.9 Å². The summed E-state index contributed by atoms with van der Waals surface area (Å²) in [6.07, 6.45) is 4.51. The number of aromatic nitrogens is 1. The highest BCUT2D eigenvalue weighted by molar-refractivity contribution is 5.85. The van der Waals surface area contributed by atoms with Crippen LogP contribution in [0.2, 0.25) is 0 Å². The molecule has 1 aromatic rings. The van der Waals surface area contributed by atoms with Crippen molar-refractivity contribution in [3.05, 3.63) is 29.6 Å². The van der Waals surface area contributed by atoms with Crippen molar-refractivity contribution >= 4 is 12.4 Å². The number of pyridine rings is 1. The molecule has 1 saturated heterocycles. The van der Waals surface area contributed by atoms with Gasteiger partial charge in [0.05, 0.1) is 0 Å². The number of piperidine rings is 1. The van der Waals surface area contributed by atoms with Gasteiger partial charge < -0.3 is 5.73 Å². The van der Waals surface area contributed by atoms with E-state index >= 15 is 0 Å². The first-order chi connectivity index (χ1) is 8.19. The highest BCUT2D eigenvalue weighted by Gasteiger charge is 2.24. The fourth-order valence-electron chi connectivity index (χ4n) is 2.58. The molecule has 0 aromatic carbocycles. The summed E-state index contributed by atoms with van der Waals surface area (Å²) in [6.45, 7) is 7.27. The molecule has 18 heavy (non-hydrogen) atoms. The molecule has 2 unspecified atom stereocenters. The maximum atomic E-state index is 5.88. The molecule has 0 bridgehead atoms. The molecule has 0 amide bonds. The number of halogens is 1. The lowest BCUT2D eigenvalue weighted by Crippen LogP contribution is -2.45. The lowest BCUT2D eigenvalue weighted by atomic mass is 9.92. The average molecular weight is 270 g/mol. The van der Waals surface area contributed by atoms with Crippen LogP contribution in [0.1, 0.15) is 31.0 Å². The van der Waals surface area contributed by atoms with Gasteiger partial charge in [0, 0.05) is 31.0 Å². The lowest BCUT2D eigenvalue weighted by molar-refractivity contribution is 0.115. The van der Waals surface area contributed by atoms with Crippen LogP contribution >= 0.6 is 12.4 Å². The van der Waals surface area contributed by atoms with Crippen molar-refractivity contribution in [1.82, 2.24) is 9.88 Å². The van der Waals surface area contributed by atoms with Crippen molar-refractivity contribution in [3.63, 3.8) is 0 Å². The van der Waals surface area contributed by atoms with Crippen molar-refractivity contribution in [2.24, 2.45) is 11.7 Å². The van der Waals surface area contributed by atoms with Gasteiger partial charge in [0.15, 0.2) is 0 Å². The normalized spacial score (nSPS) is 24.6. The van der Waals surface area contributed by atoms with Crippen molar-refractivity contribution in [2.75, 3.05) is 13.1 Å². The van der Waals surface area contributed by atoms with Crippen molar-refractivity contribution < 1.29 is 0 Å². The smallest absolute Gasteiger partial charge is 0.0372 e. The molecule has 1 aliphatic rings. The molecule has 1 aliphatic heterocycles. The predicted molar refractivity (Wildman–Crippen MR) is 77.9 cm³/mol. The summed E-state index contributed by atoms with van der Waals surface area (Å²) >= 11 is 0. The summed E-state index contributed by atoms with van der Waals surface area (Å²) in [5.74, 6) is 0.816. The largest absolute Gasteiger partial charge is 0.329 e. The Morgan fingerprint density at radius 1 is 1.44 bits per heavy atom. The molecule has 2 atom stereocenters. The van der Waals surface area contributed by atoms with Crippen LogP contribution in [-0.4, -0.2) is 29.0 Å². The summed E-state index contributed by atoms with van der Waals surface area (Å²) in [4.78, 5) is 6.86. The minimum atomic E-state index is 0. The molecule has 4 heteroatoms. The zero-order valence-electron chi connectivity index (χ0n) is 11.3. The first-order valence-electron chi connectivity index (χ1n) is 6.54. The highest BCUT2D eigenvalue weighted by atomic mass is 35.5. The number of hydrogen-bond acceptors (Lipinski definition) is 3. The van der Waals surface area contributed by atoms with Crippen LogP contribution in [0, 0.1) is 12.8 Å². The maximum absolute atomic E-state index is 5.88. The molecule has 1 fully saturated rings. The maximum Gasteiger partial charge on any atom is 0.0372 e. The molecule has 2 rings (SSSR count). The SMILES string of the molecule is Cc1ccc(CN2CCC(C)CC2CN)cn1.Cl. The van der Waals surface area contributed by atoms with Crippen LogP contribution in [0.3, 0.4) is 0 Å². The Morgan fingerprint density at radius 2 is 2.22 bits per heavy atom. The van der Waals surface area contributed by atoms with Gasteiger partial charge in [0.2, 0.25) is 0 Å². The number of hydrogen-bond donors (Lipinski definition) is 1. The number of aryl methyl sites for hydroxylation is 1. The minimum absolute atomic E-state index is 0. The number of nitrogens with two attached hydrogens (primary N) is 1. The Labute approximate surface area is 116 Å². The summed E-state index contributed by atoms with van der Waals surface area (Å²) in [6, 6.07) is 4.80. The number of rotatable bonds is 3. The third-order valence-electron chi connectivity index (χ3n) is 3.73. The van der Waals surface area contributed by atoms with E-state index < -0.39 is 0 Å². The van der Waals surface area contributed by atoms with Gasteiger partial charge in [-0.3, -0.25) is 9.88 Å². The molecular formula is C14H24ClN3. The van der Waals surface area contributed by atoms with Gasteiger partial charge in [0.25, 0.3) is 0 Å². The van der Waals surface area contributed by atoms with E-state index in [9.17, 15) is 0 Å². The van der Waals surface area contributed by atoms with Gasteiger partial charge in [-0.05, 0) is 43.9 Å². The Hall–Kier alpha value is -0.640. The zero-order valence-corrected chi connectivity index (χ0v) is 12.1. The Morgan fingerprint density at radius 3 is 2.83 bits per heavy atom. The second-order valence-electron chi connectivity index (χ2n) is 5.30. The standard InChI is InChI=1S/C14H23N3.ClH/c1-11-5-6-17(14(7-11)8-15)10-13-4-3-12(2)16-9-13;/h3-4,9,11,14H,5-8,10,15H2,1-2H3;1H. The van der Waals surface area contributed by atoms with Crippen LogP contribution in [-0.2, 0) is 6.54 Å². The minimum Gasteiger partial charge on any atom is -0.329 e. The summed E-state index contributed by atoms with van der Waals surface area (Å²) < 4.78 is 0. The number of nitrogens with zero attached hydrogens (tertiary/aromatic N) is 2. The molecular weight excluding hydrogens is 246 g/mol. The second-order valence-corrected chi connectivity index (χ2v) is 5.30. The van der Waals surface area contributed by atoms with Gasteiger partial charge in [-0.25, -0.2) is 0 Å².